The van der Waals surface area contributed by atoms with Crippen molar-refractivity contribution < 1.29 is 4.74 Å². The molecule has 1 aromatic rings. The van der Waals surface area contributed by atoms with Crippen molar-refractivity contribution in [2.24, 2.45) is 11.8 Å². The number of hydrogen-bond donors (Lipinski definition) is 1. The van der Waals surface area contributed by atoms with Gasteiger partial charge in [-0.15, -0.1) is 0 Å². The van der Waals surface area contributed by atoms with Crippen molar-refractivity contribution in [3.63, 3.8) is 0 Å². The van der Waals surface area contributed by atoms with Crippen molar-refractivity contribution in [2.75, 3.05) is 13.7 Å². The van der Waals surface area contributed by atoms with E-state index in [9.17, 15) is 0 Å². The van der Waals surface area contributed by atoms with E-state index in [1.165, 1.54) is 25.0 Å². The van der Waals surface area contributed by atoms with Gasteiger partial charge in [-0.25, -0.2) is 0 Å². The topological polar surface area (TPSA) is 39.1 Å². The third kappa shape index (κ3) is 3.17. The number of rotatable bonds is 7. The Morgan fingerprint density at radius 3 is 2.80 bits per heavy atom. The van der Waals surface area contributed by atoms with E-state index in [-0.39, 0.29) is 0 Å². The van der Waals surface area contributed by atoms with E-state index in [2.05, 4.69) is 35.9 Å². The first kappa shape index (κ1) is 15.4. The predicted octanol–water partition coefficient (Wildman–Crippen LogP) is 3.39. The molecule has 1 heterocycles. The average Bonchev–Trinajstić information content (AvgIpc) is 3.06. The normalized spacial score (nSPS) is 24.0. The van der Waals surface area contributed by atoms with Crippen molar-refractivity contribution >= 4 is 0 Å². The molecule has 0 amide bonds. The van der Waals surface area contributed by atoms with Crippen LogP contribution in [-0.4, -0.2) is 23.4 Å². The molecular formula is C16H29N3O. The van der Waals surface area contributed by atoms with Gasteiger partial charge in [-0.2, -0.15) is 5.10 Å². The summed E-state index contributed by atoms with van der Waals surface area (Å²) in [6.45, 7) is 8.67. The van der Waals surface area contributed by atoms with E-state index in [1.807, 2.05) is 6.20 Å². The van der Waals surface area contributed by atoms with Gasteiger partial charge in [0.25, 0.3) is 0 Å². The summed E-state index contributed by atoms with van der Waals surface area (Å²) in [5, 5.41) is 8.22. The molecule has 0 spiro atoms. The lowest BCUT2D eigenvalue weighted by atomic mass is 9.93. The number of hydrogen-bond acceptors (Lipinski definition) is 3. The van der Waals surface area contributed by atoms with Crippen LogP contribution >= 0.6 is 0 Å². The van der Waals surface area contributed by atoms with Gasteiger partial charge < -0.3 is 10.1 Å². The van der Waals surface area contributed by atoms with Gasteiger partial charge in [0.2, 0.25) is 0 Å². The highest BCUT2D eigenvalue weighted by Gasteiger charge is 2.33. The van der Waals surface area contributed by atoms with E-state index in [0.29, 0.717) is 12.0 Å². The molecule has 3 atom stereocenters. The second-order valence-electron chi connectivity index (χ2n) is 6.02. The molecule has 0 aliphatic heterocycles. The minimum Gasteiger partial charge on any atom is -0.493 e. The Morgan fingerprint density at radius 1 is 1.45 bits per heavy atom. The zero-order chi connectivity index (χ0) is 14.5. The van der Waals surface area contributed by atoms with E-state index in [0.717, 1.165) is 31.2 Å². The molecule has 0 radical (unpaired) electrons. The Morgan fingerprint density at radius 2 is 2.25 bits per heavy atom. The summed E-state index contributed by atoms with van der Waals surface area (Å²) in [4.78, 5) is 0. The number of ether oxygens (including phenoxy) is 1. The van der Waals surface area contributed by atoms with Gasteiger partial charge in [0.15, 0.2) is 5.75 Å². The molecule has 0 bridgehead atoms. The van der Waals surface area contributed by atoms with Crippen LogP contribution < -0.4 is 10.1 Å². The smallest absolute Gasteiger partial charge is 0.161 e. The zero-order valence-electron chi connectivity index (χ0n) is 13.4. The maximum atomic E-state index is 5.55. The van der Waals surface area contributed by atoms with Crippen molar-refractivity contribution in [2.45, 2.75) is 59.0 Å². The van der Waals surface area contributed by atoms with Crippen molar-refractivity contribution in [1.29, 1.82) is 0 Å². The fourth-order valence-corrected chi connectivity index (χ4v) is 3.44. The summed E-state index contributed by atoms with van der Waals surface area (Å²) in [6, 6.07) is 0.373. The number of methoxy groups -OCH3 is 1. The number of nitrogens with zero attached hydrogens (tertiary/aromatic N) is 2. The highest BCUT2D eigenvalue weighted by atomic mass is 16.5. The summed E-state index contributed by atoms with van der Waals surface area (Å²) in [5.41, 5.74) is 1.24. The second kappa shape index (κ2) is 7.11. The molecule has 3 unspecified atom stereocenters. The van der Waals surface area contributed by atoms with E-state index in [1.54, 1.807) is 7.11 Å². The van der Waals surface area contributed by atoms with Gasteiger partial charge in [0, 0.05) is 6.54 Å². The molecule has 1 aliphatic rings. The molecule has 1 aromatic heterocycles. The molecule has 1 fully saturated rings. The molecule has 1 aliphatic carbocycles. The van der Waals surface area contributed by atoms with Gasteiger partial charge in [-0.3, -0.25) is 4.68 Å². The molecule has 2 rings (SSSR count). The van der Waals surface area contributed by atoms with Crippen molar-refractivity contribution in [3.8, 4) is 5.75 Å². The van der Waals surface area contributed by atoms with Gasteiger partial charge >= 0.3 is 0 Å². The standard InChI is InChI=1S/C16H29N3O/c1-5-9-17-15(13-8-7-12(3)10-13)16-14(20-4)11-18-19(16)6-2/h11-13,15,17H,5-10H2,1-4H3. The van der Waals surface area contributed by atoms with Crippen LogP contribution in [0.4, 0.5) is 0 Å². The highest BCUT2D eigenvalue weighted by molar-refractivity contribution is 5.29. The molecule has 1 saturated carbocycles. The Balaban J connectivity index is 2.27. The maximum Gasteiger partial charge on any atom is 0.161 e. The van der Waals surface area contributed by atoms with E-state index >= 15 is 0 Å². The number of nitrogens with one attached hydrogen (secondary N) is 1. The number of aromatic nitrogens is 2. The van der Waals surface area contributed by atoms with Crippen LogP contribution in [0.25, 0.3) is 0 Å². The summed E-state index contributed by atoms with van der Waals surface area (Å²) >= 11 is 0. The van der Waals surface area contributed by atoms with E-state index < -0.39 is 0 Å². The first-order chi connectivity index (χ1) is 9.71. The molecule has 114 valence electrons. The third-order valence-corrected chi connectivity index (χ3v) is 4.48. The third-order valence-electron chi connectivity index (χ3n) is 4.48. The summed E-state index contributed by atoms with van der Waals surface area (Å²) in [6.07, 6.45) is 6.97. The minimum atomic E-state index is 0.373. The molecular weight excluding hydrogens is 250 g/mol. The van der Waals surface area contributed by atoms with Crippen molar-refractivity contribution in [3.05, 3.63) is 11.9 Å². The summed E-state index contributed by atoms with van der Waals surface area (Å²) < 4.78 is 7.64. The second-order valence-corrected chi connectivity index (χ2v) is 6.02. The van der Waals surface area contributed by atoms with Crippen LogP contribution in [0.5, 0.6) is 5.75 Å². The molecule has 4 nitrogen and oxygen atoms in total. The lowest BCUT2D eigenvalue weighted by Gasteiger charge is -2.26. The fraction of sp³-hybridized carbons (Fsp3) is 0.812. The first-order valence-corrected chi connectivity index (χ1v) is 8.04. The monoisotopic (exact) mass is 279 g/mol. The summed E-state index contributed by atoms with van der Waals surface area (Å²) in [7, 11) is 1.74. The SMILES string of the molecule is CCCNC(c1c(OC)cnn1CC)C1CCC(C)C1. The predicted molar refractivity (Wildman–Crippen MR) is 82.0 cm³/mol. The van der Waals surface area contributed by atoms with Crippen LogP contribution in [0.1, 0.15) is 58.2 Å². The fourth-order valence-electron chi connectivity index (χ4n) is 3.44. The first-order valence-electron chi connectivity index (χ1n) is 8.04. The Hall–Kier alpha value is -1.03. The van der Waals surface area contributed by atoms with Gasteiger partial charge in [0.1, 0.15) is 0 Å². The molecule has 0 saturated heterocycles. The molecule has 1 N–H and O–H groups in total. The van der Waals surface area contributed by atoms with Gasteiger partial charge in [0.05, 0.1) is 25.0 Å². The highest BCUT2D eigenvalue weighted by Crippen LogP contribution is 2.41. The molecule has 4 heteroatoms. The Bertz CT molecular complexity index is 394. The van der Waals surface area contributed by atoms with Gasteiger partial charge in [-0.05, 0) is 44.6 Å². The van der Waals surface area contributed by atoms with Crippen LogP contribution in [0.2, 0.25) is 0 Å². The summed E-state index contributed by atoms with van der Waals surface area (Å²) in [5.74, 6) is 2.47. The molecule has 0 aromatic carbocycles. The van der Waals surface area contributed by atoms with Crippen LogP contribution in [0.3, 0.4) is 0 Å². The maximum absolute atomic E-state index is 5.55. The van der Waals surface area contributed by atoms with Crippen LogP contribution in [-0.2, 0) is 6.54 Å². The van der Waals surface area contributed by atoms with Crippen LogP contribution in [0, 0.1) is 11.8 Å². The van der Waals surface area contributed by atoms with Crippen LogP contribution in [0.15, 0.2) is 6.20 Å². The lowest BCUT2D eigenvalue weighted by molar-refractivity contribution is 0.322. The molecule has 20 heavy (non-hydrogen) atoms. The lowest BCUT2D eigenvalue weighted by Crippen LogP contribution is -2.30. The Labute approximate surface area is 122 Å². The minimum absolute atomic E-state index is 0.373. The number of aryl methyl sites for hydroxylation is 1. The quantitative estimate of drug-likeness (QED) is 0.831. The van der Waals surface area contributed by atoms with Gasteiger partial charge in [-0.1, -0.05) is 20.3 Å². The average molecular weight is 279 g/mol. The Kier molecular flexibility index (Phi) is 5.46. The zero-order valence-corrected chi connectivity index (χ0v) is 13.4. The van der Waals surface area contributed by atoms with Crippen molar-refractivity contribution in [1.82, 2.24) is 15.1 Å². The van der Waals surface area contributed by atoms with E-state index in [4.69, 9.17) is 4.74 Å². The largest absolute Gasteiger partial charge is 0.493 e.